The van der Waals surface area contributed by atoms with Gasteiger partial charge in [0, 0.05) is 44.4 Å². The molecule has 160 valence electrons. The van der Waals surface area contributed by atoms with Crippen LogP contribution in [0.1, 0.15) is 22.0 Å². The first-order valence-electron chi connectivity index (χ1n) is 9.67. The Morgan fingerprint density at radius 3 is 2.47 bits per heavy atom. The lowest BCUT2D eigenvalue weighted by molar-refractivity contribution is -0.384. The molecule has 1 atom stereocenters. The summed E-state index contributed by atoms with van der Waals surface area (Å²) in [5, 5.41) is 14.0. The van der Waals surface area contributed by atoms with Crippen LogP contribution in [0.25, 0.3) is 0 Å². The van der Waals surface area contributed by atoms with Crippen molar-refractivity contribution in [3.63, 3.8) is 0 Å². The number of nitrogens with one attached hydrogen (secondary N) is 1. The number of likely N-dealkylation sites (N-methyl/N-ethyl adjacent to an activating group) is 1. The summed E-state index contributed by atoms with van der Waals surface area (Å²) < 4.78 is 5.25. The molecule has 0 aliphatic carbocycles. The van der Waals surface area contributed by atoms with E-state index in [2.05, 4.69) is 22.2 Å². The van der Waals surface area contributed by atoms with E-state index in [0.717, 1.165) is 37.5 Å². The number of nitrogens with zero attached hydrogens (tertiary/aromatic N) is 3. The van der Waals surface area contributed by atoms with E-state index in [9.17, 15) is 14.9 Å². The normalized spacial score (nSPS) is 16.1. The van der Waals surface area contributed by atoms with Gasteiger partial charge in [0.2, 0.25) is 0 Å². The quantitative estimate of drug-likeness (QED) is 0.534. The lowest BCUT2D eigenvalue weighted by atomic mass is 10.0. The van der Waals surface area contributed by atoms with Gasteiger partial charge in [-0.25, -0.2) is 0 Å². The third kappa shape index (κ3) is 5.27. The molecule has 1 aliphatic rings. The van der Waals surface area contributed by atoms with Gasteiger partial charge in [-0.15, -0.1) is 0 Å². The Balaban J connectivity index is 1.76. The maximum absolute atomic E-state index is 12.7. The topological polar surface area (TPSA) is 87.9 Å². The van der Waals surface area contributed by atoms with Gasteiger partial charge >= 0.3 is 0 Å². The number of rotatable bonds is 7. The van der Waals surface area contributed by atoms with E-state index in [1.807, 2.05) is 24.3 Å². The number of halogens is 1. The van der Waals surface area contributed by atoms with E-state index < -0.39 is 4.92 Å². The molecule has 1 saturated heterocycles. The van der Waals surface area contributed by atoms with Crippen molar-refractivity contribution in [2.75, 3.05) is 46.9 Å². The number of hydrogen-bond acceptors (Lipinski definition) is 6. The predicted octanol–water partition coefficient (Wildman–Crippen LogP) is 2.98. The first-order chi connectivity index (χ1) is 14.4. The SMILES string of the molecule is COc1ccc(C(CNC(=O)c2ccc(Cl)c([N+](=O)[O-])c2)N2CCN(C)CC2)cc1. The third-order valence-electron chi connectivity index (χ3n) is 5.34. The standard InChI is InChI=1S/C21H25ClN4O4/c1-24-9-11-25(12-10-24)20(15-3-6-17(30-2)7-4-15)14-23-21(27)16-5-8-18(22)19(13-16)26(28)29/h3-8,13,20H,9-12,14H2,1-2H3,(H,23,27). The van der Waals surface area contributed by atoms with Gasteiger partial charge in [0.25, 0.3) is 11.6 Å². The summed E-state index contributed by atoms with van der Waals surface area (Å²) in [6.45, 7) is 4.05. The van der Waals surface area contributed by atoms with Crippen LogP contribution in [0.2, 0.25) is 5.02 Å². The molecule has 1 amide bonds. The molecule has 8 nitrogen and oxygen atoms in total. The molecule has 1 fully saturated rings. The Labute approximate surface area is 180 Å². The Morgan fingerprint density at radius 1 is 1.20 bits per heavy atom. The van der Waals surface area contributed by atoms with Crippen molar-refractivity contribution < 1.29 is 14.5 Å². The average Bonchev–Trinajstić information content (AvgIpc) is 2.75. The highest BCUT2D eigenvalue weighted by Crippen LogP contribution is 2.26. The summed E-state index contributed by atoms with van der Waals surface area (Å²) in [6, 6.07) is 11.9. The van der Waals surface area contributed by atoms with Gasteiger partial charge in [0.15, 0.2) is 0 Å². The van der Waals surface area contributed by atoms with Crippen LogP contribution >= 0.6 is 11.6 Å². The van der Waals surface area contributed by atoms with Crippen molar-refractivity contribution in [2.24, 2.45) is 0 Å². The molecular formula is C21H25ClN4O4. The van der Waals surface area contributed by atoms with Crippen molar-refractivity contribution in [1.82, 2.24) is 15.1 Å². The number of nitro groups is 1. The zero-order chi connectivity index (χ0) is 21.7. The number of benzene rings is 2. The van der Waals surface area contributed by atoms with Gasteiger partial charge in [-0.05, 0) is 36.9 Å². The fourth-order valence-electron chi connectivity index (χ4n) is 3.50. The third-order valence-corrected chi connectivity index (χ3v) is 5.66. The Hall–Kier alpha value is -2.68. The zero-order valence-electron chi connectivity index (χ0n) is 17.0. The molecule has 1 unspecified atom stereocenters. The summed E-state index contributed by atoms with van der Waals surface area (Å²) in [6.07, 6.45) is 0. The van der Waals surface area contributed by atoms with Crippen molar-refractivity contribution in [2.45, 2.75) is 6.04 Å². The molecule has 9 heteroatoms. The van der Waals surface area contributed by atoms with Crippen LogP contribution in [0.5, 0.6) is 5.75 Å². The number of amides is 1. The predicted molar refractivity (Wildman–Crippen MR) is 115 cm³/mol. The molecule has 2 aromatic rings. The Morgan fingerprint density at radius 2 is 1.87 bits per heavy atom. The molecule has 0 aromatic heterocycles. The van der Waals surface area contributed by atoms with E-state index in [-0.39, 0.29) is 28.2 Å². The largest absolute Gasteiger partial charge is 0.497 e. The Kier molecular flexibility index (Phi) is 7.25. The van der Waals surface area contributed by atoms with Gasteiger partial charge in [-0.3, -0.25) is 19.8 Å². The summed E-state index contributed by atoms with van der Waals surface area (Å²) >= 11 is 5.85. The second-order valence-electron chi connectivity index (χ2n) is 7.26. The highest BCUT2D eigenvalue weighted by molar-refractivity contribution is 6.32. The average molecular weight is 433 g/mol. The van der Waals surface area contributed by atoms with E-state index >= 15 is 0 Å². The summed E-state index contributed by atoms with van der Waals surface area (Å²) in [4.78, 5) is 27.8. The van der Waals surface area contributed by atoms with Crippen LogP contribution in [-0.2, 0) is 0 Å². The molecule has 0 bridgehead atoms. The number of nitro benzene ring substituents is 1. The number of piperazine rings is 1. The van der Waals surface area contributed by atoms with Gasteiger partial charge < -0.3 is 15.0 Å². The maximum Gasteiger partial charge on any atom is 0.288 e. The molecule has 1 aliphatic heterocycles. The molecule has 30 heavy (non-hydrogen) atoms. The van der Waals surface area contributed by atoms with E-state index in [1.54, 1.807) is 7.11 Å². The molecule has 2 aromatic carbocycles. The van der Waals surface area contributed by atoms with Crippen LogP contribution in [0.3, 0.4) is 0 Å². The van der Waals surface area contributed by atoms with Gasteiger partial charge in [0.1, 0.15) is 10.8 Å². The minimum Gasteiger partial charge on any atom is -0.497 e. The number of methoxy groups -OCH3 is 1. The monoisotopic (exact) mass is 432 g/mol. The van der Waals surface area contributed by atoms with E-state index in [1.165, 1.54) is 18.2 Å². The molecule has 0 radical (unpaired) electrons. The highest BCUT2D eigenvalue weighted by Gasteiger charge is 2.25. The van der Waals surface area contributed by atoms with Gasteiger partial charge in [-0.1, -0.05) is 23.7 Å². The fourth-order valence-corrected chi connectivity index (χ4v) is 3.69. The smallest absolute Gasteiger partial charge is 0.288 e. The molecule has 1 N–H and O–H groups in total. The van der Waals surface area contributed by atoms with Crippen LogP contribution < -0.4 is 10.1 Å². The van der Waals surface area contributed by atoms with E-state index in [0.29, 0.717) is 6.54 Å². The van der Waals surface area contributed by atoms with Crippen LogP contribution in [0, 0.1) is 10.1 Å². The fraction of sp³-hybridized carbons (Fsp3) is 0.381. The van der Waals surface area contributed by atoms with Gasteiger partial charge in [0.05, 0.1) is 18.1 Å². The highest BCUT2D eigenvalue weighted by atomic mass is 35.5. The van der Waals surface area contributed by atoms with Crippen molar-refractivity contribution in [3.8, 4) is 5.75 Å². The number of carbonyl (C=O) groups excluding carboxylic acids is 1. The maximum atomic E-state index is 12.7. The minimum absolute atomic E-state index is 0.00472. The second kappa shape index (κ2) is 9.88. The van der Waals surface area contributed by atoms with Gasteiger partial charge in [-0.2, -0.15) is 0 Å². The van der Waals surface area contributed by atoms with Crippen LogP contribution in [-0.4, -0.2) is 67.5 Å². The van der Waals surface area contributed by atoms with E-state index in [4.69, 9.17) is 16.3 Å². The summed E-state index contributed by atoms with van der Waals surface area (Å²) in [5.74, 6) is 0.399. The van der Waals surface area contributed by atoms with Crippen molar-refractivity contribution >= 4 is 23.2 Å². The Bertz CT molecular complexity index is 898. The van der Waals surface area contributed by atoms with Crippen LogP contribution in [0.15, 0.2) is 42.5 Å². The second-order valence-corrected chi connectivity index (χ2v) is 7.67. The summed E-state index contributed by atoms with van der Waals surface area (Å²) in [7, 11) is 3.72. The molecular weight excluding hydrogens is 408 g/mol. The van der Waals surface area contributed by atoms with Crippen molar-refractivity contribution in [3.05, 3.63) is 68.7 Å². The number of carbonyl (C=O) groups is 1. The summed E-state index contributed by atoms with van der Waals surface area (Å²) in [5.41, 5.74) is 0.996. The molecule has 1 heterocycles. The first kappa shape index (κ1) is 22.0. The first-order valence-corrected chi connectivity index (χ1v) is 10.1. The van der Waals surface area contributed by atoms with Crippen LogP contribution in [0.4, 0.5) is 5.69 Å². The minimum atomic E-state index is -0.594. The molecule has 0 saturated carbocycles. The molecule has 3 rings (SSSR count). The zero-order valence-corrected chi connectivity index (χ0v) is 17.8. The number of ether oxygens (including phenoxy) is 1. The lowest BCUT2D eigenvalue weighted by Crippen LogP contribution is -2.48. The van der Waals surface area contributed by atoms with Crippen molar-refractivity contribution in [1.29, 1.82) is 0 Å². The number of hydrogen-bond donors (Lipinski definition) is 1. The molecule has 0 spiro atoms. The lowest BCUT2D eigenvalue weighted by Gasteiger charge is -2.38.